The summed E-state index contributed by atoms with van der Waals surface area (Å²) < 4.78 is 0. The summed E-state index contributed by atoms with van der Waals surface area (Å²) >= 11 is 13.0. The smallest absolute Gasteiger partial charge is 0.248 e. The number of aromatic amines is 1. The van der Waals surface area contributed by atoms with Gasteiger partial charge in [-0.1, -0.05) is 54.4 Å². The van der Waals surface area contributed by atoms with E-state index in [9.17, 15) is 0 Å². The maximum Gasteiger partial charge on any atom is 0.248 e. The fourth-order valence-corrected chi connectivity index (χ4v) is 3.43. The number of nitrogens with two attached hydrogens (primary N) is 1. The van der Waals surface area contributed by atoms with Crippen LogP contribution in [0.2, 0.25) is 10.0 Å². The van der Waals surface area contributed by atoms with E-state index in [0.29, 0.717) is 27.6 Å². The Morgan fingerprint density at radius 1 is 1.19 bits per heavy atom. The van der Waals surface area contributed by atoms with Crippen molar-refractivity contribution in [2.75, 3.05) is 17.7 Å². The van der Waals surface area contributed by atoms with Gasteiger partial charge in [0, 0.05) is 17.9 Å². The van der Waals surface area contributed by atoms with Gasteiger partial charge in [-0.3, -0.25) is 0 Å². The Morgan fingerprint density at radius 3 is 2.41 bits per heavy atom. The number of anilines is 3. The second-order valence-electron chi connectivity index (χ2n) is 6.51. The lowest BCUT2D eigenvalue weighted by Gasteiger charge is -2.12. The number of benzene rings is 2. The molecule has 27 heavy (non-hydrogen) atoms. The van der Waals surface area contributed by atoms with Crippen LogP contribution in [0.3, 0.4) is 0 Å². The van der Waals surface area contributed by atoms with Gasteiger partial charge in [0.25, 0.3) is 0 Å². The number of nitrogens with one attached hydrogen (secondary N) is 2. The van der Waals surface area contributed by atoms with E-state index in [1.807, 2.05) is 19.1 Å². The molecule has 0 bridgehead atoms. The molecule has 1 atom stereocenters. The highest BCUT2D eigenvalue weighted by molar-refractivity contribution is 6.39. The van der Waals surface area contributed by atoms with Crippen molar-refractivity contribution in [2.24, 2.45) is 5.92 Å². The Hall–Kier alpha value is -2.28. The van der Waals surface area contributed by atoms with Crippen LogP contribution >= 0.6 is 23.2 Å². The zero-order valence-corrected chi connectivity index (χ0v) is 16.3. The number of aromatic nitrogens is 3. The summed E-state index contributed by atoms with van der Waals surface area (Å²) in [5.41, 5.74) is 9.11. The summed E-state index contributed by atoms with van der Waals surface area (Å²) in [6, 6.07) is 11.7. The Labute approximate surface area is 167 Å². The summed E-state index contributed by atoms with van der Waals surface area (Å²) in [4.78, 5) is 3.99. The van der Waals surface area contributed by atoms with Crippen LogP contribution in [-0.2, 0) is 6.42 Å². The molecule has 0 aliphatic rings. The van der Waals surface area contributed by atoms with Gasteiger partial charge in [-0.25, -0.2) is 5.10 Å². The van der Waals surface area contributed by atoms with E-state index < -0.39 is 0 Å². The SMILES string of the molecule is CC(CO)CCc1ccc(-c2c(Cl)cc(Nc3n[nH]c(N)n3)cc2Cl)cc1. The van der Waals surface area contributed by atoms with Crippen molar-refractivity contribution in [1.82, 2.24) is 15.2 Å². The molecule has 0 spiro atoms. The quantitative estimate of drug-likeness (QED) is 0.457. The lowest BCUT2D eigenvalue weighted by atomic mass is 9.98. The number of aliphatic hydroxyl groups excluding tert-OH is 1. The molecule has 0 saturated heterocycles. The number of hydrogen-bond donors (Lipinski definition) is 4. The zero-order chi connectivity index (χ0) is 19.4. The second kappa shape index (κ2) is 8.61. The molecule has 0 radical (unpaired) electrons. The molecule has 3 rings (SSSR count). The van der Waals surface area contributed by atoms with Crippen LogP contribution in [0, 0.1) is 5.92 Å². The summed E-state index contributed by atoms with van der Waals surface area (Å²) in [5, 5.41) is 19.7. The minimum Gasteiger partial charge on any atom is -0.396 e. The van der Waals surface area contributed by atoms with Crippen LogP contribution < -0.4 is 11.1 Å². The molecule has 8 heteroatoms. The standard InChI is InChI=1S/C19H21Cl2N5O/c1-11(10-27)2-3-12-4-6-13(7-5-12)17-15(20)8-14(9-16(17)21)23-19-24-18(22)25-26-19/h4-9,11,27H,2-3,10H2,1H3,(H4,22,23,24,25,26). The maximum absolute atomic E-state index is 9.13. The number of rotatable bonds is 7. The van der Waals surface area contributed by atoms with Gasteiger partial charge in [-0.05, 0) is 42.0 Å². The van der Waals surface area contributed by atoms with Crippen molar-refractivity contribution in [3.8, 4) is 11.1 Å². The third kappa shape index (κ3) is 4.91. The molecular formula is C19H21Cl2N5O. The van der Waals surface area contributed by atoms with E-state index in [1.165, 1.54) is 5.56 Å². The molecule has 2 aromatic carbocycles. The van der Waals surface area contributed by atoms with E-state index >= 15 is 0 Å². The highest BCUT2D eigenvalue weighted by atomic mass is 35.5. The number of nitrogens with zero attached hydrogens (tertiary/aromatic N) is 2. The first-order valence-corrected chi connectivity index (χ1v) is 9.36. The minimum absolute atomic E-state index is 0.212. The van der Waals surface area contributed by atoms with Crippen molar-refractivity contribution in [2.45, 2.75) is 19.8 Å². The molecule has 0 saturated carbocycles. The van der Waals surface area contributed by atoms with Crippen LogP contribution in [-0.4, -0.2) is 26.9 Å². The molecular weight excluding hydrogens is 385 g/mol. The average molecular weight is 406 g/mol. The first kappa shape index (κ1) is 19.5. The third-order valence-electron chi connectivity index (χ3n) is 4.28. The fourth-order valence-electron chi connectivity index (χ4n) is 2.72. The molecule has 0 amide bonds. The number of aryl methyl sites for hydroxylation is 1. The van der Waals surface area contributed by atoms with E-state index in [2.05, 4.69) is 32.6 Å². The van der Waals surface area contributed by atoms with Crippen molar-refractivity contribution in [1.29, 1.82) is 0 Å². The summed E-state index contributed by atoms with van der Waals surface area (Å²) in [7, 11) is 0. The van der Waals surface area contributed by atoms with E-state index in [4.69, 9.17) is 34.0 Å². The van der Waals surface area contributed by atoms with Gasteiger partial charge in [0.2, 0.25) is 11.9 Å². The first-order valence-electron chi connectivity index (χ1n) is 8.60. The number of aliphatic hydroxyl groups is 1. The molecule has 5 N–H and O–H groups in total. The maximum atomic E-state index is 9.13. The van der Waals surface area contributed by atoms with Gasteiger partial charge in [-0.2, -0.15) is 4.98 Å². The van der Waals surface area contributed by atoms with Gasteiger partial charge in [0.05, 0.1) is 10.0 Å². The largest absolute Gasteiger partial charge is 0.396 e. The third-order valence-corrected chi connectivity index (χ3v) is 4.88. The van der Waals surface area contributed by atoms with E-state index in [-0.39, 0.29) is 12.6 Å². The highest BCUT2D eigenvalue weighted by Crippen LogP contribution is 2.38. The van der Waals surface area contributed by atoms with Crippen molar-refractivity contribution in [3.63, 3.8) is 0 Å². The Morgan fingerprint density at radius 2 is 1.85 bits per heavy atom. The molecule has 1 heterocycles. The van der Waals surface area contributed by atoms with Crippen LogP contribution in [0.15, 0.2) is 36.4 Å². The number of nitrogen functional groups attached to an aromatic ring is 1. The van der Waals surface area contributed by atoms with Gasteiger partial charge in [-0.15, -0.1) is 5.10 Å². The van der Waals surface area contributed by atoms with Crippen LogP contribution in [0.1, 0.15) is 18.9 Å². The lowest BCUT2D eigenvalue weighted by molar-refractivity contribution is 0.230. The Bertz CT molecular complexity index is 888. The molecule has 0 aliphatic carbocycles. The number of halogens is 2. The topological polar surface area (TPSA) is 99.8 Å². The van der Waals surface area contributed by atoms with Gasteiger partial charge >= 0.3 is 0 Å². The molecule has 3 aromatic rings. The summed E-state index contributed by atoms with van der Waals surface area (Å²) in [6.45, 7) is 2.25. The van der Waals surface area contributed by atoms with E-state index in [1.54, 1.807) is 12.1 Å². The van der Waals surface area contributed by atoms with Crippen molar-refractivity contribution in [3.05, 3.63) is 52.0 Å². The normalized spacial score (nSPS) is 12.1. The Balaban J connectivity index is 1.78. The van der Waals surface area contributed by atoms with E-state index in [0.717, 1.165) is 24.0 Å². The molecule has 142 valence electrons. The number of hydrogen-bond acceptors (Lipinski definition) is 5. The average Bonchev–Trinajstić information content (AvgIpc) is 3.04. The van der Waals surface area contributed by atoms with Gasteiger partial charge < -0.3 is 16.2 Å². The van der Waals surface area contributed by atoms with Crippen molar-refractivity contribution < 1.29 is 5.11 Å². The first-order chi connectivity index (χ1) is 13.0. The van der Waals surface area contributed by atoms with Gasteiger partial charge in [0.1, 0.15) is 0 Å². The molecule has 6 nitrogen and oxygen atoms in total. The lowest BCUT2D eigenvalue weighted by Crippen LogP contribution is -2.02. The summed E-state index contributed by atoms with van der Waals surface area (Å²) in [6.07, 6.45) is 1.87. The van der Waals surface area contributed by atoms with Crippen LogP contribution in [0.25, 0.3) is 11.1 Å². The van der Waals surface area contributed by atoms with Crippen LogP contribution in [0.5, 0.6) is 0 Å². The van der Waals surface area contributed by atoms with Crippen molar-refractivity contribution >= 4 is 40.8 Å². The molecule has 0 aliphatic heterocycles. The van der Waals surface area contributed by atoms with Crippen LogP contribution in [0.4, 0.5) is 17.6 Å². The summed E-state index contributed by atoms with van der Waals surface area (Å²) in [5.74, 6) is 0.863. The Kier molecular flexibility index (Phi) is 6.21. The minimum atomic E-state index is 0.212. The second-order valence-corrected chi connectivity index (χ2v) is 7.32. The highest BCUT2D eigenvalue weighted by Gasteiger charge is 2.12. The predicted octanol–water partition coefficient (Wildman–Crippen LogP) is 4.67. The van der Waals surface area contributed by atoms with Gasteiger partial charge in [0.15, 0.2) is 0 Å². The fraction of sp³-hybridized carbons (Fsp3) is 0.263. The zero-order valence-electron chi connectivity index (χ0n) is 14.8. The molecule has 1 unspecified atom stereocenters. The molecule has 0 fully saturated rings. The molecule has 1 aromatic heterocycles. The number of H-pyrrole nitrogens is 1. The monoisotopic (exact) mass is 405 g/mol. The predicted molar refractivity (Wildman–Crippen MR) is 111 cm³/mol.